The van der Waals surface area contributed by atoms with Gasteiger partial charge in [0.2, 0.25) is 0 Å². The number of likely N-dealkylation sites (tertiary alicyclic amines) is 1. The van der Waals surface area contributed by atoms with E-state index in [4.69, 9.17) is 18.5 Å². The van der Waals surface area contributed by atoms with Gasteiger partial charge in [0.05, 0.1) is 12.2 Å². The van der Waals surface area contributed by atoms with E-state index < -0.39 is 50.4 Å². The first kappa shape index (κ1) is 36.3. The van der Waals surface area contributed by atoms with E-state index in [2.05, 4.69) is 5.32 Å². The number of nitrogens with one attached hydrogen (secondary N) is 1. The zero-order valence-electron chi connectivity index (χ0n) is 26.5. The lowest BCUT2D eigenvalue weighted by molar-refractivity contribution is -0.151. The zero-order valence-corrected chi connectivity index (χ0v) is 27.5. The maximum absolute atomic E-state index is 13.5. The third kappa shape index (κ3) is 11.9. The van der Waals surface area contributed by atoms with Crippen molar-refractivity contribution in [2.75, 3.05) is 19.7 Å². The van der Waals surface area contributed by atoms with Gasteiger partial charge in [-0.3, -0.25) is 13.9 Å². The van der Waals surface area contributed by atoms with Crippen molar-refractivity contribution in [1.82, 2.24) is 10.2 Å². The predicted octanol–water partition coefficient (Wildman–Crippen LogP) is 5.42. The summed E-state index contributed by atoms with van der Waals surface area (Å²) in [6.07, 6.45) is -0.569. The number of hydrogen-bond donors (Lipinski definition) is 2. The molecule has 0 aliphatic carbocycles. The van der Waals surface area contributed by atoms with Crippen LogP contribution in [0.15, 0.2) is 91.0 Å². The van der Waals surface area contributed by atoms with Crippen LogP contribution in [-0.2, 0) is 45.7 Å². The predicted molar refractivity (Wildman–Crippen MR) is 176 cm³/mol. The number of esters is 1. The number of carbonyl (C=O) groups excluding carboxylic acids is 3. The van der Waals surface area contributed by atoms with Gasteiger partial charge in [-0.05, 0) is 55.4 Å². The Balaban J connectivity index is 1.32. The Morgan fingerprint density at radius 2 is 1.54 bits per heavy atom. The molecule has 0 spiro atoms. The molecule has 12 nitrogen and oxygen atoms in total. The van der Waals surface area contributed by atoms with Crippen LogP contribution in [0.5, 0.6) is 0 Å². The fourth-order valence-electron chi connectivity index (χ4n) is 5.24. The van der Waals surface area contributed by atoms with Crippen LogP contribution < -0.4 is 5.32 Å². The topological polar surface area (TPSA) is 158 Å². The lowest BCUT2D eigenvalue weighted by Crippen LogP contribution is -2.45. The first-order chi connectivity index (χ1) is 23.3. The van der Waals surface area contributed by atoms with Crippen molar-refractivity contribution in [3.63, 3.8) is 0 Å². The quantitative estimate of drug-likeness (QED) is 0.101. The van der Waals surface area contributed by atoms with E-state index in [1.807, 2.05) is 60.7 Å². The average Bonchev–Trinajstić information content (AvgIpc) is 3.61. The minimum Gasteiger partial charge on any atom is -0.480 e. The highest BCUT2D eigenvalue weighted by Crippen LogP contribution is 2.31. The van der Waals surface area contributed by atoms with Crippen LogP contribution >= 0.6 is 8.25 Å². The number of amides is 2. The van der Waals surface area contributed by atoms with Crippen molar-refractivity contribution < 1.29 is 47.4 Å². The molecule has 48 heavy (non-hydrogen) atoms. The summed E-state index contributed by atoms with van der Waals surface area (Å²) in [6, 6.07) is 26.0. The van der Waals surface area contributed by atoms with Crippen LogP contribution in [0, 0.1) is 0 Å². The Bertz CT molecular complexity index is 1490. The Kier molecular flexibility index (Phi) is 14.6. The molecule has 13 heteroatoms. The van der Waals surface area contributed by atoms with Crippen molar-refractivity contribution in [2.45, 2.75) is 63.4 Å². The number of carboxylic acids is 1. The molecular formula is C35H41N2O10P. The van der Waals surface area contributed by atoms with Gasteiger partial charge in [0.15, 0.2) is 0 Å². The highest BCUT2D eigenvalue weighted by atomic mass is 31.1. The van der Waals surface area contributed by atoms with Gasteiger partial charge in [0.25, 0.3) is 5.91 Å². The zero-order chi connectivity index (χ0) is 34.1. The van der Waals surface area contributed by atoms with E-state index >= 15 is 0 Å². The maximum atomic E-state index is 13.5. The summed E-state index contributed by atoms with van der Waals surface area (Å²) in [6.45, 7) is 0.364. The Labute approximate surface area is 280 Å². The van der Waals surface area contributed by atoms with Gasteiger partial charge >= 0.3 is 26.3 Å². The number of unbranched alkanes of at least 4 members (excludes halogenated alkanes) is 1. The van der Waals surface area contributed by atoms with Gasteiger partial charge in [-0.2, -0.15) is 0 Å². The SMILES string of the molecule is O=C(NCCCC[C@H](O[PH](=O)OCC(Cc1ccccc1)OC(=O)c1ccccc1)C(=O)N1CCC[C@H]1C(=O)O)OCc1ccccc1. The second-order valence-corrected chi connectivity index (χ2v) is 12.3. The summed E-state index contributed by atoms with van der Waals surface area (Å²) in [7, 11) is -3.30. The third-order valence-electron chi connectivity index (χ3n) is 7.69. The van der Waals surface area contributed by atoms with Gasteiger partial charge in [0, 0.05) is 19.5 Å². The number of ether oxygens (including phenoxy) is 2. The molecule has 1 heterocycles. The van der Waals surface area contributed by atoms with Crippen molar-refractivity contribution in [1.29, 1.82) is 0 Å². The summed E-state index contributed by atoms with van der Waals surface area (Å²) in [4.78, 5) is 51.4. The largest absolute Gasteiger partial charge is 0.480 e. The van der Waals surface area contributed by atoms with Crippen molar-refractivity contribution >= 4 is 32.2 Å². The fourth-order valence-corrected chi connectivity index (χ4v) is 6.08. The first-order valence-corrected chi connectivity index (χ1v) is 17.1. The molecule has 0 radical (unpaired) electrons. The second kappa shape index (κ2) is 19.3. The van der Waals surface area contributed by atoms with Crippen molar-refractivity contribution in [3.8, 4) is 0 Å². The summed E-state index contributed by atoms with van der Waals surface area (Å²) >= 11 is 0. The Morgan fingerprint density at radius 3 is 2.21 bits per heavy atom. The number of rotatable bonds is 18. The molecule has 4 atom stereocenters. The van der Waals surface area contributed by atoms with Crippen LogP contribution in [0.4, 0.5) is 4.79 Å². The molecule has 1 aliphatic heterocycles. The molecule has 2 N–H and O–H groups in total. The highest BCUT2D eigenvalue weighted by Gasteiger charge is 2.38. The number of alkyl carbamates (subject to hydrolysis) is 1. The van der Waals surface area contributed by atoms with Crippen LogP contribution in [0.25, 0.3) is 0 Å². The van der Waals surface area contributed by atoms with Crippen molar-refractivity contribution in [3.05, 3.63) is 108 Å². The van der Waals surface area contributed by atoms with E-state index in [1.165, 1.54) is 4.90 Å². The molecule has 3 aromatic carbocycles. The number of hydrogen-bond acceptors (Lipinski definition) is 9. The number of carboxylic acid groups (broad SMARTS) is 1. The monoisotopic (exact) mass is 680 g/mol. The van der Waals surface area contributed by atoms with Gasteiger partial charge in [-0.25, -0.2) is 14.4 Å². The molecule has 1 saturated heterocycles. The summed E-state index contributed by atoms with van der Waals surface area (Å²) in [5.41, 5.74) is 2.07. The van der Waals surface area contributed by atoms with Gasteiger partial charge in [0.1, 0.15) is 24.9 Å². The molecule has 256 valence electrons. The van der Waals surface area contributed by atoms with Gasteiger partial charge < -0.3 is 29.3 Å². The molecule has 4 rings (SSSR count). The third-order valence-corrected chi connectivity index (χ3v) is 8.57. The minimum atomic E-state index is -3.30. The molecule has 2 unspecified atom stereocenters. The van der Waals surface area contributed by atoms with E-state index in [1.54, 1.807) is 30.3 Å². The lowest BCUT2D eigenvalue weighted by Gasteiger charge is -2.27. The lowest BCUT2D eigenvalue weighted by atomic mass is 10.1. The van der Waals surface area contributed by atoms with E-state index in [9.17, 15) is 28.8 Å². The van der Waals surface area contributed by atoms with Gasteiger partial charge in [-0.1, -0.05) is 78.9 Å². The summed E-state index contributed by atoms with van der Waals surface area (Å²) < 4.78 is 35.2. The molecule has 2 amide bonds. The molecule has 0 bridgehead atoms. The van der Waals surface area contributed by atoms with Crippen LogP contribution in [-0.4, -0.2) is 71.9 Å². The standard InChI is InChI=1S/C35H41N2O10P/c38-32(37-22-12-19-30(37)33(39)40)31(20-10-11-21-36-35(42)44-24-27-15-6-2-7-16-27)47-48(43)45-25-29(23-26-13-4-1-5-14-26)46-34(41)28-17-8-3-9-18-28/h1-9,13-18,29-31,48H,10-12,19-25H2,(H,36,42)(H,39,40)/t29?,30-,31-/m0/s1. The number of benzene rings is 3. The minimum absolute atomic E-state index is 0.110. The van der Waals surface area contributed by atoms with E-state index in [0.29, 0.717) is 31.2 Å². The van der Waals surface area contributed by atoms with Crippen molar-refractivity contribution in [2.24, 2.45) is 0 Å². The number of carbonyl (C=O) groups is 4. The Hall–Kier alpha value is -4.51. The smallest absolute Gasteiger partial charge is 0.407 e. The average molecular weight is 681 g/mol. The highest BCUT2D eigenvalue weighted by molar-refractivity contribution is 7.33. The number of aliphatic carboxylic acids is 1. The molecule has 1 fully saturated rings. The molecule has 0 aromatic heterocycles. The first-order valence-electron chi connectivity index (χ1n) is 15.9. The maximum Gasteiger partial charge on any atom is 0.407 e. The molecule has 3 aromatic rings. The summed E-state index contributed by atoms with van der Waals surface area (Å²) in [5.74, 6) is -2.28. The fraction of sp³-hybridized carbons (Fsp3) is 0.371. The number of nitrogens with zero attached hydrogens (tertiary/aromatic N) is 1. The summed E-state index contributed by atoms with van der Waals surface area (Å²) in [5, 5.41) is 12.3. The second-order valence-electron chi connectivity index (χ2n) is 11.3. The van der Waals surface area contributed by atoms with E-state index in [0.717, 1.165) is 11.1 Å². The molecule has 1 aliphatic rings. The van der Waals surface area contributed by atoms with Crippen LogP contribution in [0.3, 0.4) is 0 Å². The Morgan fingerprint density at radius 1 is 0.896 bits per heavy atom. The van der Waals surface area contributed by atoms with Crippen LogP contribution in [0.1, 0.15) is 53.6 Å². The van der Waals surface area contributed by atoms with Crippen LogP contribution in [0.2, 0.25) is 0 Å². The molecule has 0 saturated carbocycles. The normalized spacial score (nSPS) is 16.0. The molecular weight excluding hydrogens is 639 g/mol. The van der Waals surface area contributed by atoms with E-state index in [-0.39, 0.29) is 39.1 Å². The van der Waals surface area contributed by atoms with Gasteiger partial charge in [-0.15, -0.1) is 0 Å².